The molecule has 1 heteroatoms. The van der Waals surface area contributed by atoms with Gasteiger partial charge in [-0.25, -0.2) is 0 Å². The van der Waals surface area contributed by atoms with E-state index in [-0.39, 0.29) is 0 Å². The SMILES string of the molecule is CCCCc1c(C)cc(O)c(CCCC)c1CCCC. The molecule has 0 aliphatic carbocycles. The zero-order valence-corrected chi connectivity index (χ0v) is 13.9. The number of unbranched alkanes of at least 4 members (excludes halogenated alkanes) is 3. The van der Waals surface area contributed by atoms with Crippen molar-refractivity contribution in [2.75, 3.05) is 0 Å². The van der Waals surface area contributed by atoms with Crippen LogP contribution in [0.4, 0.5) is 0 Å². The Balaban J connectivity index is 3.16. The summed E-state index contributed by atoms with van der Waals surface area (Å²) >= 11 is 0. The number of aryl methyl sites for hydroxylation is 1. The Labute approximate surface area is 125 Å². The predicted octanol–water partition coefficient (Wildman–Crippen LogP) is 5.73. The van der Waals surface area contributed by atoms with Gasteiger partial charge in [-0.2, -0.15) is 0 Å². The molecule has 0 fully saturated rings. The number of aromatic hydroxyl groups is 1. The summed E-state index contributed by atoms with van der Waals surface area (Å²) in [7, 11) is 0. The molecule has 1 rings (SSSR count). The Morgan fingerprint density at radius 3 is 1.70 bits per heavy atom. The molecule has 1 aromatic carbocycles. The van der Waals surface area contributed by atoms with Crippen molar-refractivity contribution in [2.45, 2.75) is 85.5 Å². The summed E-state index contributed by atoms with van der Waals surface area (Å²) < 4.78 is 0. The van der Waals surface area contributed by atoms with Crippen molar-refractivity contribution in [3.63, 3.8) is 0 Å². The number of phenols is 1. The second kappa shape index (κ2) is 9.05. The van der Waals surface area contributed by atoms with E-state index < -0.39 is 0 Å². The van der Waals surface area contributed by atoms with Crippen molar-refractivity contribution in [1.29, 1.82) is 0 Å². The third kappa shape index (κ3) is 4.54. The molecule has 0 spiro atoms. The molecule has 0 amide bonds. The normalized spacial score (nSPS) is 11.0. The quantitative estimate of drug-likeness (QED) is 0.611. The minimum absolute atomic E-state index is 0.530. The van der Waals surface area contributed by atoms with Gasteiger partial charge in [0.15, 0.2) is 0 Å². The minimum atomic E-state index is 0.530. The Morgan fingerprint density at radius 2 is 1.20 bits per heavy atom. The first kappa shape index (κ1) is 17.1. The lowest BCUT2D eigenvalue weighted by atomic mass is 9.87. The van der Waals surface area contributed by atoms with Crippen LogP contribution in [0.5, 0.6) is 5.75 Å². The van der Waals surface area contributed by atoms with Crippen molar-refractivity contribution in [1.82, 2.24) is 0 Å². The first-order chi connectivity index (χ1) is 9.65. The molecule has 1 N–H and O–H groups in total. The highest BCUT2D eigenvalue weighted by atomic mass is 16.3. The maximum absolute atomic E-state index is 10.3. The predicted molar refractivity (Wildman–Crippen MR) is 88.7 cm³/mol. The van der Waals surface area contributed by atoms with Gasteiger partial charge in [-0.3, -0.25) is 0 Å². The van der Waals surface area contributed by atoms with Crippen LogP contribution in [0.2, 0.25) is 0 Å². The molecular weight excluding hydrogens is 244 g/mol. The van der Waals surface area contributed by atoms with Gasteiger partial charge in [0.05, 0.1) is 0 Å². The average molecular weight is 276 g/mol. The lowest BCUT2D eigenvalue weighted by molar-refractivity contribution is 0.464. The maximum Gasteiger partial charge on any atom is 0.119 e. The van der Waals surface area contributed by atoms with Crippen molar-refractivity contribution in [2.24, 2.45) is 0 Å². The molecule has 0 aliphatic heterocycles. The van der Waals surface area contributed by atoms with Crippen LogP contribution in [-0.2, 0) is 19.3 Å². The van der Waals surface area contributed by atoms with E-state index in [9.17, 15) is 5.11 Å². The summed E-state index contributed by atoms with van der Waals surface area (Å²) in [5.41, 5.74) is 5.50. The van der Waals surface area contributed by atoms with Crippen LogP contribution in [0.25, 0.3) is 0 Å². The van der Waals surface area contributed by atoms with Crippen LogP contribution >= 0.6 is 0 Å². The van der Waals surface area contributed by atoms with Gasteiger partial charge in [-0.15, -0.1) is 0 Å². The number of hydrogen-bond donors (Lipinski definition) is 1. The smallest absolute Gasteiger partial charge is 0.119 e. The molecule has 0 saturated heterocycles. The van der Waals surface area contributed by atoms with Crippen LogP contribution < -0.4 is 0 Å². The molecule has 0 unspecified atom stereocenters. The van der Waals surface area contributed by atoms with Gasteiger partial charge in [0.2, 0.25) is 0 Å². The van der Waals surface area contributed by atoms with E-state index in [4.69, 9.17) is 0 Å². The Kier molecular flexibility index (Phi) is 7.72. The molecule has 114 valence electrons. The number of hydrogen-bond acceptors (Lipinski definition) is 1. The fourth-order valence-electron chi connectivity index (χ4n) is 2.94. The highest BCUT2D eigenvalue weighted by Crippen LogP contribution is 2.31. The average Bonchev–Trinajstić information content (AvgIpc) is 2.43. The van der Waals surface area contributed by atoms with Crippen molar-refractivity contribution < 1.29 is 5.11 Å². The Morgan fingerprint density at radius 1 is 0.750 bits per heavy atom. The van der Waals surface area contributed by atoms with E-state index >= 15 is 0 Å². The summed E-state index contributed by atoms with van der Waals surface area (Å²) in [5, 5.41) is 10.3. The van der Waals surface area contributed by atoms with Gasteiger partial charge in [-0.1, -0.05) is 40.0 Å². The molecule has 0 aliphatic rings. The van der Waals surface area contributed by atoms with E-state index in [0.717, 1.165) is 12.8 Å². The summed E-state index contributed by atoms with van der Waals surface area (Å²) in [6, 6.07) is 1.99. The second-order valence-electron chi connectivity index (χ2n) is 5.96. The molecule has 1 aromatic rings. The number of phenolic OH excluding ortho intramolecular Hbond substituents is 1. The maximum atomic E-state index is 10.3. The molecular formula is C19H32O. The molecule has 0 radical (unpaired) electrons. The lowest BCUT2D eigenvalue weighted by Crippen LogP contribution is -2.04. The molecule has 0 bridgehead atoms. The minimum Gasteiger partial charge on any atom is -0.508 e. The third-order valence-corrected chi connectivity index (χ3v) is 4.21. The van der Waals surface area contributed by atoms with Gasteiger partial charge in [0, 0.05) is 0 Å². The van der Waals surface area contributed by atoms with E-state index in [1.54, 1.807) is 0 Å². The molecule has 20 heavy (non-hydrogen) atoms. The fraction of sp³-hybridized carbons (Fsp3) is 0.684. The fourth-order valence-corrected chi connectivity index (χ4v) is 2.94. The molecule has 0 aromatic heterocycles. The monoisotopic (exact) mass is 276 g/mol. The second-order valence-corrected chi connectivity index (χ2v) is 5.96. The van der Waals surface area contributed by atoms with Crippen LogP contribution in [0, 0.1) is 6.92 Å². The van der Waals surface area contributed by atoms with Crippen LogP contribution in [0.15, 0.2) is 6.07 Å². The van der Waals surface area contributed by atoms with E-state index in [2.05, 4.69) is 27.7 Å². The van der Waals surface area contributed by atoms with Crippen molar-refractivity contribution in [3.05, 3.63) is 28.3 Å². The lowest BCUT2D eigenvalue weighted by Gasteiger charge is -2.19. The first-order valence-corrected chi connectivity index (χ1v) is 8.48. The Bertz CT molecular complexity index is 374. The first-order valence-electron chi connectivity index (χ1n) is 8.48. The zero-order valence-electron chi connectivity index (χ0n) is 13.9. The van der Waals surface area contributed by atoms with E-state index in [0.29, 0.717) is 5.75 Å². The summed E-state index contributed by atoms with van der Waals surface area (Å²) in [4.78, 5) is 0. The van der Waals surface area contributed by atoms with Gasteiger partial charge in [0.1, 0.15) is 5.75 Å². The summed E-state index contributed by atoms with van der Waals surface area (Å²) in [5.74, 6) is 0.530. The molecule has 1 nitrogen and oxygen atoms in total. The van der Waals surface area contributed by atoms with Crippen LogP contribution in [0.1, 0.15) is 81.5 Å². The molecule has 0 heterocycles. The van der Waals surface area contributed by atoms with Crippen LogP contribution in [-0.4, -0.2) is 5.11 Å². The number of rotatable bonds is 9. The van der Waals surface area contributed by atoms with Gasteiger partial charge in [-0.05, 0) is 73.8 Å². The number of benzene rings is 1. The topological polar surface area (TPSA) is 20.2 Å². The summed E-state index contributed by atoms with van der Waals surface area (Å²) in [6.45, 7) is 8.87. The zero-order chi connectivity index (χ0) is 15.0. The van der Waals surface area contributed by atoms with Crippen LogP contribution in [0.3, 0.4) is 0 Å². The van der Waals surface area contributed by atoms with Gasteiger partial charge in [0.25, 0.3) is 0 Å². The highest BCUT2D eigenvalue weighted by Gasteiger charge is 2.15. The van der Waals surface area contributed by atoms with Crippen molar-refractivity contribution >= 4 is 0 Å². The van der Waals surface area contributed by atoms with Crippen molar-refractivity contribution in [3.8, 4) is 5.75 Å². The van der Waals surface area contributed by atoms with Gasteiger partial charge >= 0.3 is 0 Å². The van der Waals surface area contributed by atoms with Gasteiger partial charge < -0.3 is 5.11 Å². The molecule has 0 saturated carbocycles. The van der Waals surface area contributed by atoms with E-state index in [1.807, 2.05) is 6.07 Å². The Hall–Kier alpha value is -0.980. The standard InChI is InChI=1S/C19H32O/c1-5-8-11-16-15(4)14-19(20)18(13-10-7-3)17(16)12-9-6-2/h14,20H,5-13H2,1-4H3. The largest absolute Gasteiger partial charge is 0.508 e. The highest BCUT2D eigenvalue weighted by molar-refractivity contribution is 5.49. The third-order valence-electron chi connectivity index (χ3n) is 4.21. The summed E-state index contributed by atoms with van der Waals surface area (Å²) in [6.07, 6.45) is 10.6. The molecule has 0 atom stereocenters. The van der Waals surface area contributed by atoms with E-state index in [1.165, 1.54) is 67.2 Å².